The Kier molecular flexibility index (Phi) is 3.07. The van der Waals surface area contributed by atoms with Crippen molar-refractivity contribution in [3.63, 3.8) is 0 Å². The number of nitrogen functional groups attached to an aromatic ring is 1. The molecule has 0 spiro atoms. The molecule has 0 saturated carbocycles. The number of anilines is 1. The minimum Gasteiger partial charge on any atom is -0.396 e. The first-order valence-corrected chi connectivity index (χ1v) is 6.58. The van der Waals surface area contributed by atoms with Crippen molar-refractivity contribution in [3.05, 3.63) is 24.0 Å². The molecule has 0 aromatic heterocycles. The monoisotopic (exact) mass is 260 g/mol. The Bertz CT molecular complexity index is 532. The van der Waals surface area contributed by atoms with Crippen LogP contribution in [-0.4, -0.2) is 37.0 Å². The van der Waals surface area contributed by atoms with Gasteiger partial charge in [-0.2, -0.15) is 4.31 Å². The van der Waals surface area contributed by atoms with E-state index in [0.29, 0.717) is 6.42 Å². The first-order chi connectivity index (χ1) is 7.91. The van der Waals surface area contributed by atoms with Crippen LogP contribution < -0.4 is 5.73 Å². The Morgan fingerprint density at radius 3 is 2.71 bits per heavy atom. The van der Waals surface area contributed by atoms with Gasteiger partial charge in [-0.3, -0.25) is 0 Å². The Morgan fingerprint density at radius 2 is 2.18 bits per heavy atom. The zero-order chi connectivity index (χ0) is 12.6. The summed E-state index contributed by atoms with van der Waals surface area (Å²) in [7, 11) is -3.68. The van der Waals surface area contributed by atoms with Crippen LogP contribution in [0.5, 0.6) is 0 Å². The van der Waals surface area contributed by atoms with Crippen molar-refractivity contribution >= 4 is 15.7 Å². The van der Waals surface area contributed by atoms with Gasteiger partial charge in [-0.15, -0.1) is 0 Å². The largest absolute Gasteiger partial charge is 0.396 e. The second kappa shape index (κ2) is 4.25. The highest BCUT2D eigenvalue weighted by Crippen LogP contribution is 2.23. The number of aliphatic hydroxyl groups excluding tert-OH is 1. The van der Waals surface area contributed by atoms with Gasteiger partial charge in [-0.1, -0.05) is 0 Å². The second-order valence-electron chi connectivity index (χ2n) is 3.99. The van der Waals surface area contributed by atoms with Crippen LogP contribution in [0, 0.1) is 5.82 Å². The summed E-state index contributed by atoms with van der Waals surface area (Å²) in [4.78, 5) is -0.0505. The van der Waals surface area contributed by atoms with Gasteiger partial charge in [-0.05, 0) is 24.6 Å². The molecular formula is C10H13FN2O3S. The number of halogens is 1. The van der Waals surface area contributed by atoms with E-state index in [1.807, 2.05) is 0 Å². The number of rotatable bonds is 2. The molecule has 3 N–H and O–H groups in total. The molecule has 1 aliphatic heterocycles. The molecule has 1 fully saturated rings. The predicted octanol–water partition coefficient (Wildman–Crippen LogP) is 0.163. The van der Waals surface area contributed by atoms with Crippen LogP contribution in [0.1, 0.15) is 6.42 Å². The second-order valence-corrected chi connectivity index (χ2v) is 5.93. The average Bonchev–Trinajstić information content (AvgIpc) is 2.69. The maximum atomic E-state index is 13.0. The fourth-order valence-electron chi connectivity index (χ4n) is 1.76. The van der Waals surface area contributed by atoms with Gasteiger partial charge in [0, 0.05) is 13.1 Å². The van der Waals surface area contributed by atoms with E-state index in [0.717, 1.165) is 12.1 Å². The summed E-state index contributed by atoms with van der Waals surface area (Å²) in [5.74, 6) is -0.648. The number of hydrogen-bond donors (Lipinski definition) is 2. The molecule has 2 rings (SSSR count). The normalized spacial score (nSPS) is 21.9. The van der Waals surface area contributed by atoms with Crippen LogP contribution in [0.15, 0.2) is 23.1 Å². The third kappa shape index (κ3) is 2.26. The van der Waals surface area contributed by atoms with E-state index < -0.39 is 21.9 Å². The number of nitrogens with zero attached hydrogens (tertiary/aromatic N) is 1. The summed E-state index contributed by atoms with van der Waals surface area (Å²) in [6.45, 7) is 0.334. The zero-order valence-corrected chi connectivity index (χ0v) is 9.82. The molecule has 0 aliphatic carbocycles. The highest BCUT2D eigenvalue weighted by Gasteiger charge is 2.31. The highest BCUT2D eigenvalue weighted by molar-refractivity contribution is 7.89. The van der Waals surface area contributed by atoms with E-state index in [-0.39, 0.29) is 23.7 Å². The molecule has 1 atom stereocenters. The molecule has 0 radical (unpaired) electrons. The first-order valence-electron chi connectivity index (χ1n) is 5.14. The SMILES string of the molecule is Nc1cc(S(=O)(=O)N2CC[C@H](O)C2)ccc1F. The molecule has 7 heteroatoms. The summed E-state index contributed by atoms with van der Waals surface area (Å²) in [6, 6.07) is 3.29. The maximum absolute atomic E-state index is 13.0. The van der Waals surface area contributed by atoms with Crippen LogP contribution in [-0.2, 0) is 10.0 Å². The minimum absolute atomic E-state index is 0.0505. The molecule has 5 nitrogen and oxygen atoms in total. The van der Waals surface area contributed by atoms with Gasteiger partial charge in [0.05, 0.1) is 16.7 Å². The lowest BCUT2D eigenvalue weighted by atomic mass is 10.3. The number of β-amino-alcohol motifs (C(OH)–C–C–N with tert-alkyl or cyclic N) is 1. The van der Waals surface area contributed by atoms with E-state index in [1.165, 1.54) is 10.4 Å². The van der Waals surface area contributed by atoms with Crippen LogP contribution in [0.3, 0.4) is 0 Å². The van der Waals surface area contributed by atoms with Crippen molar-refractivity contribution in [1.82, 2.24) is 4.31 Å². The molecule has 0 amide bonds. The Labute approximate surface area is 98.7 Å². The number of aliphatic hydroxyl groups is 1. The molecule has 1 saturated heterocycles. The zero-order valence-electron chi connectivity index (χ0n) is 9.01. The molecule has 1 aromatic carbocycles. The molecule has 1 aliphatic rings. The summed E-state index contributed by atoms with van der Waals surface area (Å²) < 4.78 is 38.3. The highest BCUT2D eigenvalue weighted by atomic mass is 32.2. The fourth-order valence-corrected chi connectivity index (χ4v) is 3.29. The molecule has 0 unspecified atom stereocenters. The Balaban J connectivity index is 2.35. The van der Waals surface area contributed by atoms with Crippen molar-refractivity contribution in [2.24, 2.45) is 0 Å². The van der Waals surface area contributed by atoms with Gasteiger partial charge >= 0.3 is 0 Å². The standard InChI is InChI=1S/C10H13FN2O3S/c11-9-2-1-8(5-10(9)12)17(15,16)13-4-3-7(14)6-13/h1-2,5,7,14H,3-4,6,12H2/t7-/m0/s1. The molecule has 1 heterocycles. The van der Waals surface area contributed by atoms with Crippen molar-refractivity contribution in [2.75, 3.05) is 18.8 Å². The lowest BCUT2D eigenvalue weighted by Crippen LogP contribution is -2.29. The van der Waals surface area contributed by atoms with Crippen LogP contribution in [0.2, 0.25) is 0 Å². The summed E-state index contributed by atoms with van der Waals surface area (Å²) in [5.41, 5.74) is 5.13. The third-order valence-electron chi connectivity index (χ3n) is 2.73. The number of sulfonamides is 1. The van der Waals surface area contributed by atoms with Gasteiger partial charge in [0.25, 0.3) is 0 Å². The summed E-state index contributed by atoms with van der Waals surface area (Å²) in [5, 5.41) is 9.32. The lowest BCUT2D eigenvalue weighted by molar-refractivity contribution is 0.189. The Hall–Kier alpha value is -1.18. The third-order valence-corrected chi connectivity index (χ3v) is 4.59. The van der Waals surface area contributed by atoms with E-state index in [2.05, 4.69) is 0 Å². The van der Waals surface area contributed by atoms with Crippen LogP contribution in [0.4, 0.5) is 10.1 Å². The van der Waals surface area contributed by atoms with Gasteiger partial charge < -0.3 is 10.8 Å². The van der Waals surface area contributed by atoms with Crippen LogP contribution >= 0.6 is 0 Å². The maximum Gasteiger partial charge on any atom is 0.243 e. The van der Waals surface area contributed by atoms with Gasteiger partial charge in [-0.25, -0.2) is 12.8 Å². The Morgan fingerprint density at radius 1 is 1.47 bits per heavy atom. The van der Waals surface area contributed by atoms with Gasteiger partial charge in [0.2, 0.25) is 10.0 Å². The van der Waals surface area contributed by atoms with Crippen molar-refractivity contribution in [1.29, 1.82) is 0 Å². The first kappa shape index (κ1) is 12.3. The number of nitrogens with two attached hydrogens (primary N) is 1. The van der Waals surface area contributed by atoms with Crippen LogP contribution in [0.25, 0.3) is 0 Å². The topological polar surface area (TPSA) is 83.6 Å². The predicted molar refractivity (Wildman–Crippen MR) is 60.2 cm³/mol. The molecule has 0 bridgehead atoms. The van der Waals surface area contributed by atoms with Crippen molar-refractivity contribution in [2.45, 2.75) is 17.4 Å². The van der Waals surface area contributed by atoms with Crippen molar-refractivity contribution < 1.29 is 17.9 Å². The minimum atomic E-state index is -3.68. The van der Waals surface area contributed by atoms with Gasteiger partial charge in [0.15, 0.2) is 0 Å². The van der Waals surface area contributed by atoms with E-state index in [9.17, 15) is 17.9 Å². The summed E-state index contributed by atoms with van der Waals surface area (Å²) >= 11 is 0. The molecule has 17 heavy (non-hydrogen) atoms. The van der Waals surface area contributed by atoms with Gasteiger partial charge in [0.1, 0.15) is 5.82 Å². The average molecular weight is 260 g/mol. The number of benzene rings is 1. The molecule has 1 aromatic rings. The smallest absolute Gasteiger partial charge is 0.243 e. The number of hydrogen-bond acceptors (Lipinski definition) is 4. The van der Waals surface area contributed by atoms with Crippen molar-refractivity contribution in [3.8, 4) is 0 Å². The van der Waals surface area contributed by atoms with E-state index >= 15 is 0 Å². The molecular weight excluding hydrogens is 247 g/mol. The summed E-state index contributed by atoms with van der Waals surface area (Å²) in [6.07, 6.45) is -0.224. The quantitative estimate of drug-likeness (QED) is 0.742. The lowest BCUT2D eigenvalue weighted by Gasteiger charge is -2.15. The fraction of sp³-hybridized carbons (Fsp3) is 0.400. The van der Waals surface area contributed by atoms with E-state index in [4.69, 9.17) is 5.73 Å². The molecule has 94 valence electrons. The van der Waals surface area contributed by atoms with E-state index in [1.54, 1.807) is 0 Å².